The van der Waals surface area contributed by atoms with Crippen LogP contribution in [0, 0.1) is 0 Å². The number of para-hydroxylation sites is 1. The lowest BCUT2D eigenvalue weighted by Crippen LogP contribution is -2.45. The highest BCUT2D eigenvalue weighted by molar-refractivity contribution is 6.09. The minimum atomic E-state index is 0.242. The molecule has 31 heavy (non-hydrogen) atoms. The van der Waals surface area contributed by atoms with E-state index in [0.717, 1.165) is 37.5 Å². The minimum absolute atomic E-state index is 0.242. The Morgan fingerprint density at radius 3 is 2.58 bits per heavy atom. The molecule has 2 aromatic heterocycles. The molecular weight excluding hydrogens is 394 g/mol. The van der Waals surface area contributed by atoms with Gasteiger partial charge in [0.2, 0.25) is 11.9 Å². The van der Waals surface area contributed by atoms with Gasteiger partial charge < -0.3 is 24.3 Å². The third kappa shape index (κ3) is 4.56. The van der Waals surface area contributed by atoms with Gasteiger partial charge in [-0.1, -0.05) is 18.2 Å². The third-order valence-corrected chi connectivity index (χ3v) is 5.15. The van der Waals surface area contributed by atoms with E-state index in [1.165, 1.54) is 0 Å². The monoisotopic (exact) mass is 417 g/mol. The molecule has 0 atom stereocenters. The Bertz CT molecular complexity index is 1090. The summed E-state index contributed by atoms with van der Waals surface area (Å²) in [7, 11) is 2.11. The van der Waals surface area contributed by atoms with Crippen molar-refractivity contribution in [3.8, 4) is 11.8 Å². The summed E-state index contributed by atoms with van der Waals surface area (Å²) in [5.74, 6) is 3.13. The summed E-state index contributed by atoms with van der Waals surface area (Å²) in [5, 5.41) is 3.20. The van der Waals surface area contributed by atoms with Crippen LogP contribution in [0.5, 0.6) is 11.8 Å². The van der Waals surface area contributed by atoms with Gasteiger partial charge >= 0.3 is 6.01 Å². The van der Waals surface area contributed by atoms with Gasteiger partial charge in [0.05, 0.1) is 12.8 Å². The number of nitrogens with one attached hydrogen (secondary N) is 1. The molecule has 0 spiro atoms. The van der Waals surface area contributed by atoms with Crippen molar-refractivity contribution in [2.24, 2.45) is 4.99 Å². The molecule has 2 aliphatic heterocycles. The fourth-order valence-corrected chi connectivity index (χ4v) is 3.42. The van der Waals surface area contributed by atoms with E-state index in [4.69, 9.17) is 9.15 Å². The highest BCUT2D eigenvalue weighted by Gasteiger charge is 2.20. The van der Waals surface area contributed by atoms with Gasteiger partial charge in [0.15, 0.2) is 0 Å². The van der Waals surface area contributed by atoms with Gasteiger partial charge in [-0.25, -0.2) is 0 Å². The zero-order valence-corrected chi connectivity index (χ0v) is 17.2. The van der Waals surface area contributed by atoms with Crippen molar-refractivity contribution in [3.05, 3.63) is 60.6 Å². The Morgan fingerprint density at radius 2 is 1.81 bits per heavy atom. The summed E-state index contributed by atoms with van der Waals surface area (Å²) >= 11 is 0. The molecule has 0 aliphatic carbocycles. The Morgan fingerprint density at radius 1 is 0.968 bits per heavy atom. The van der Waals surface area contributed by atoms with Crippen LogP contribution in [0.1, 0.15) is 5.76 Å². The van der Waals surface area contributed by atoms with E-state index in [9.17, 15) is 0 Å². The van der Waals surface area contributed by atoms with Crippen molar-refractivity contribution in [1.29, 1.82) is 0 Å². The molecular formula is C22H23N7O2. The molecule has 9 nitrogen and oxygen atoms in total. The summed E-state index contributed by atoms with van der Waals surface area (Å²) in [6.07, 6.45) is 3.60. The summed E-state index contributed by atoms with van der Waals surface area (Å²) in [6, 6.07) is 13.5. The standard InChI is InChI=1S/C22H23N7O2/c1-28-9-11-29(12-10-28)21-25-20(26-22(27-21)31-17-6-3-2-4-7-17)24-19-14-16(15-23-19)18-8-5-13-30-18/h2-8,13-14H,9-12,15H2,1H3,(H,23,24,25,26,27). The number of ether oxygens (including phenoxy) is 1. The van der Waals surface area contributed by atoms with Crippen molar-refractivity contribution < 1.29 is 9.15 Å². The summed E-state index contributed by atoms with van der Waals surface area (Å²) in [5.41, 5.74) is 1.00. The van der Waals surface area contributed by atoms with Crippen molar-refractivity contribution in [1.82, 2.24) is 19.9 Å². The van der Waals surface area contributed by atoms with Crippen molar-refractivity contribution >= 4 is 23.3 Å². The van der Waals surface area contributed by atoms with Crippen molar-refractivity contribution in [3.63, 3.8) is 0 Å². The van der Waals surface area contributed by atoms with Gasteiger partial charge in [0, 0.05) is 31.8 Å². The Balaban J connectivity index is 1.40. The highest BCUT2D eigenvalue weighted by Crippen LogP contribution is 2.23. The number of aliphatic imine (C=N–C) groups is 1. The molecule has 1 aromatic carbocycles. The van der Waals surface area contributed by atoms with E-state index < -0.39 is 0 Å². The van der Waals surface area contributed by atoms with Crippen LogP contribution < -0.4 is 15.0 Å². The van der Waals surface area contributed by atoms with E-state index >= 15 is 0 Å². The van der Waals surface area contributed by atoms with E-state index in [0.29, 0.717) is 30.0 Å². The summed E-state index contributed by atoms with van der Waals surface area (Å²) < 4.78 is 11.4. The van der Waals surface area contributed by atoms with Crippen molar-refractivity contribution in [2.75, 3.05) is 50.0 Å². The number of amidine groups is 1. The highest BCUT2D eigenvalue weighted by atomic mass is 16.5. The first-order valence-corrected chi connectivity index (χ1v) is 10.2. The van der Waals surface area contributed by atoms with Gasteiger partial charge in [-0.3, -0.25) is 4.99 Å². The Hall–Kier alpha value is -3.72. The van der Waals surface area contributed by atoms with Gasteiger partial charge in [-0.15, -0.1) is 0 Å². The van der Waals surface area contributed by atoms with Gasteiger partial charge in [0.1, 0.15) is 17.3 Å². The zero-order chi connectivity index (χ0) is 21.0. The van der Waals surface area contributed by atoms with Crippen LogP contribution in [0.2, 0.25) is 0 Å². The molecule has 0 unspecified atom stereocenters. The predicted octanol–water partition coefficient (Wildman–Crippen LogP) is 2.92. The van der Waals surface area contributed by atoms with Crippen LogP contribution in [0.4, 0.5) is 11.9 Å². The van der Waals surface area contributed by atoms with E-state index in [1.807, 2.05) is 48.5 Å². The fourth-order valence-electron chi connectivity index (χ4n) is 3.42. The average molecular weight is 417 g/mol. The second kappa shape index (κ2) is 8.57. The molecule has 1 fully saturated rings. The molecule has 5 rings (SSSR count). The zero-order valence-electron chi connectivity index (χ0n) is 17.2. The second-order valence-corrected chi connectivity index (χ2v) is 7.42. The van der Waals surface area contributed by atoms with Crippen LogP contribution in [-0.2, 0) is 0 Å². The molecule has 0 radical (unpaired) electrons. The third-order valence-electron chi connectivity index (χ3n) is 5.15. The maximum atomic E-state index is 5.91. The number of nitrogens with zero attached hydrogens (tertiary/aromatic N) is 6. The largest absolute Gasteiger partial charge is 0.465 e. The molecule has 1 N–H and O–H groups in total. The number of rotatable bonds is 5. The van der Waals surface area contributed by atoms with Gasteiger partial charge in [-0.05, 0) is 37.4 Å². The topological polar surface area (TPSA) is 91.9 Å². The fraction of sp³-hybridized carbons (Fsp3) is 0.273. The maximum absolute atomic E-state index is 5.91. The molecule has 2 aliphatic rings. The molecule has 4 heterocycles. The number of anilines is 2. The lowest BCUT2D eigenvalue weighted by Gasteiger charge is -2.32. The molecule has 158 valence electrons. The first-order chi connectivity index (χ1) is 15.2. The van der Waals surface area contributed by atoms with Crippen LogP contribution in [0.15, 0.2) is 64.2 Å². The quantitative estimate of drug-likeness (QED) is 0.678. The van der Waals surface area contributed by atoms with Gasteiger partial charge in [-0.2, -0.15) is 15.0 Å². The number of furan rings is 1. The smallest absolute Gasteiger partial charge is 0.328 e. The molecule has 1 saturated heterocycles. The van der Waals surface area contributed by atoms with Gasteiger partial charge in [0.25, 0.3) is 0 Å². The maximum Gasteiger partial charge on any atom is 0.328 e. The van der Waals surface area contributed by atoms with Crippen molar-refractivity contribution in [2.45, 2.75) is 0 Å². The number of hydrogen-bond acceptors (Lipinski definition) is 9. The minimum Gasteiger partial charge on any atom is -0.465 e. The normalized spacial score (nSPS) is 16.7. The Labute approximate surface area is 180 Å². The Kier molecular flexibility index (Phi) is 5.32. The summed E-state index contributed by atoms with van der Waals surface area (Å²) in [6.45, 7) is 4.12. The van der Waals surface area contributed by atoms with E-state index in [-0.39, 0.29) is 6.01 Å². The van der Waals surface area contributed by atoms with Crippen LogP contribution in [-0.4, -0.2) is 65.5 Å². The van der Waals surface area contributed by atoms with Crippen LogP contribution in [0.25, 0.3) is 5.57 Å². The first-order valence-electron chi connectivity index (χ1n) is 10.2. The molecule has 3 aromatic rings. The van der Waals surface area contributed by atoms with Crippen LogP contribution in [0.3, 0.4) is 0 Å². The predicted molar refractivity (Wildman–Crippen MR) is 119 cm³/mol. The SMILES string of the molecule is CN1CCN(c2nc(NC3=NCC(c4ccco4)=C3)nc(Oc3ccccc3)n2)CC1. The molecule has 9 heteroatoms. The summed E-state index contributed by atoms with van der Waals surface area (Å²) in [4.78, 5) is 22.6. The number of benzene rings is 1. The number of hydrogen-bond donors (Lipinski definition) is 1. The average Bonchev–Trinajstić information content (AvgIpc) is 3.47. The first kappa shape index (κ1) is 19.3. The van der Waals surface area contributed by atoms with Crippen LogP contribution >= 0.6 is 0 Å². The lowest BCUT2D eigenvalue weighted by atomic mass is 10.2. The van der Waals surface area contributed by atoms with E-state index in [2.05, 4.69) is 42.1 Å². The van der Waals surface area contributed by atoms with E-state index in [1.54, 1.807) is 6.26 Å². The number of likely N-dealkylation sites (N-methyl/N-ethyl adjacent to an activating group) is 1. The molecule has 0 amide bonds. The molecule has 0 bridgehead atoms. The lowest BCUT2D eigenvalue weighted by molar-refractivity contribution is 0.310. The number of aromatic nitrogens is 3. The second-order valence-electron chi connectivity index (χ2n) is 7.42. The number of piperazine rings is 1. The molecule has 0 saturated carbocycles.